The van der Waals surface area contributed by atoms with Gasteiger partial charge < -0.3 is 0 Å². The first-order chi connectivity index (χ1) is 8.38. The molecule has 1 fully saturated rings. The van der Waals surface area contributed by atoms with Gasteiger partial charge in [-0.15, -0.1) is 11.3 Å². The lowest BCUT2D eigenvalue weighted by Crippen LogP contribution is -2.28. The normalized spacial score (nSPS) is 25.1. The molecule has 0 spiro atoms. The maximum atomic E-state index is 12.4. The molecule has 0 amide bonds. The molecule has 0 radical (unpaired) electrons. The largest absolute Gasteiger partial charge is 0.293 e. The summed E-state index contributed by atoms with van der Waals surface area (Å²) in [5, 5.41) is 0. The van der Waals surface area contributed by atoms with Gasteiger partial charge in [0.1, 0.15) is 0 Å². The fraction of sp³-hybridized carbons (Fsp3) is 0.688. The molecule has 1 saturated carbocycles. The minimum absolute atomic E-state index is 0.279. The monoisotopic (exact) mass is 264 g/mol. The van der Waals surface area contributed by atoms with Crippen LogP contribution in [0, 0.1) is 24.2 Å². The van der Waals surface area contributed by atoms with Crippen LogP contribution in [0.2, 0.25) is 0 Å². The molecule has 1 aliphatic rings. The average molecular weight is 264 g/mol. The van der Waals surface area contributed by atoms with E-state index in [0.717, 1.165) is 23.6 Å². The summed E-state index contributed by atoms with van der Waals surface area (Å²) >= 11 is 1.65. The summed E-state index contributed by atoms with van der Waals surface area (Å²) in [6, 6.07) is 4.05. The Balaban J connectivity index is 1.96. The van der Waals surface area contributed by atoms with Gasteiger partial charge in [-0.05, 0) is 56.1 Å². The highest BCUT2D eigenvalue weighted by Crippen LogP contribution is 2.40. The van der Waals surface area contributed by atoms with Gasteiger partial charge in [0.25, 0.3) is 0 Å². The minimum Gasteiger partial charge on any atom is -0.293 e. The summed E-state index contributed by atoms with van der Waals surface area (Å²) in [5.74, 6) is 1.45. The van der Waals surface area contributed by atoms with Crippen LogP contribution in [0.25, 0.3) is 0 Å². The molecule has 0 saturated heterocycles. The zero-order chi connectivity index (χ0) is 13.3. The second-order valence-corrected chi connectivity index (χ2v) is 7.98. The van der Waals surface area contributed by atoms with Crippen LogP contribution in [0.4, 0.5) is 0 Å². The van der Waals surface area contributed by atoms with E-state index in [1.165, 1.54) is 17.7 Å². The first-order valence-electron chi connectivity index (χ1n) is 6.98. The van der Waals surface area contributed by atoms with Crippen molar-refractivity contribution < 1.29 is 4.79 Å². The van der Waals surface area contributed by atoms with E-state index in [1.54, 1.807) is 11.3 Å². The van der Waals surface area contributed by atoms with Crippen LogP contribution in [0.1, 0.15) is 61.0 Å². The Labute approximate surface area is 115 Å². The Morgan fingerprint density at radius 1 is 1.17 bits per heavy atom. The summed E-state index contributed by atoms with van der Waals surface area (Å²) in [7, 11) is 0. The first-order valence-corrected chi connectivity index (χ1v) is 7.80. The zero-order valence-corrected chi connectivity index (χ0v) is 12.8. The highest BCUT2D eigenvalue weighted by molar-refractivity contribution is 7.14. The molecule has 1 heterocycles. The van der Waals surface area contributed by atoms with Crippen LogP contribution >= 0.6 is 11.3 Å². The van der Waals surface area contributed by atoms with Gasteiger partial charge in [0.2, 0.25) is 0 Å². The molecule has 1 aromatic heterocycles. The van der Waals surface area contributed by atoms with Crippen molar-refractivity contribution in [3.05, 3.63) is 21.9 Å². The van der Waals surface area contributed by atoms with Gasteiger partial charge in [-0.1, -0.05) is 20.8 Å². The van der Waals surface area contributed by atoms with E-state index in [4.69, 9.17) is 0 Å². The van der Waals surface area contributed by atoms with Crippen molar-refractivity contribution in [3.8, 4) is 0 Å². The Morgan fingerprint density at radius 3 is 2.22 bits per heavy atom. The standard InChI is InChI=1S/C16H24OS/c1-11-5-10-14(18-11)15(17)12-6-8-13(9-7-12)16(2,3)4/h5,10,12-13H,6-9H2,1-4H3. The summed E-state index contributed by atoms with van der Waals surface area (Å²) in [6.45, 7) is 9.03. The Morgan fingerprint density at radius 2 is 1.78 bits per heavy atom. The second kappa shape index (κ2) is 5.16. The quantitative estimate of drug-likeness (QED) is 0.680. The number of rotatable bonds is 2. The average Bonchev–Trinajstić information content (AvgIpc) is 2.74. The van der Waals surface area contributed by atoms with E-state index in [-0.39, 0.29) is 5.92 Å². The molecule has 0 unspecified atom stereocenters. The minimum atomic E-state index is 0.279. The zero-order valence-electron chi connectivity index (χ0n) is 12.0. The van der Waals surface area contributed by atoms with Gasteiger partial charge >= 0.3 is 0 Å². The maximum absolute atomic E-state index is 12.4. The van der Waals surface area contributed by atoms with E-state index in [9.17, 15) is 4.79 Å². The number of aryl methyl sites for hydroxylation is 1. The summed E-state index contributed by atoms with van der Waals surface area (Å²) in [6.07, 6.45) is 4.59. The van der Waals surface area contributed by atoms with Crippen molar-refractivity contribution in [1.29, 1.82) is 0 Å². The molecule has 0 atom stereocenters. The van der Waals surface area contributed by atoms with Crippen LogP contribution in [0.3, 0.4) is 0 Å². The van der Waals surface area contributed by atoms with Gasteiger partial charge in [0.15, 0.2) is 5.78 Å². The lowest BCUT2D eigenvalue weighted by Gasteiger charge is -2.36. The molecular formula is C16H24OS. The van der Waals surface area contributed by atoms with Gasteiger partial charge in [0.05, 0.1) is 4.88 Å². The van der Waals surface area contributed by atoms with Crippen molar-refractivity contribution in [2.75, 3.05) is 0 Å². The fourth-order valence-electron chi connectivity index (χ4n) is 2.99. The summed E-state index contributed by atoms with van der Waals surface area (Å²) < 4.78 is 0. The number of thiophene rings is 1. The van der Waals surface area contributed by atoms with Gasteiger partial charge in [0, 0.05) is 10.8 Å². The first kappa shape index (κ1) is 13.8. The smallest absolute Gasteiger partial charge is 0.175 e. The molecule has 100 valence electrons. The van der Waals surface area contributed by atoms with Crippen molar-refractivity contribution in [3.63, 3.8) is 0 Å². The Hall–Kier alpha value is -0.630. The van der Waals surface area contributed by atoms with E-state index >= 15 is 0 Å². The third-order valence-corrected chi connectivity index (χ3v) is 5.32. The van der Waals surface area contributed by atoms with Crippen LogP contribution < -0.4 is 0 Å². The van der Waals surface area contributed by atoms with Gasteiger partial charge in [-0.25, -0.2) is 0 Å². The van der Waals surface area contributed by atoms with Crippen LogP contribution in [-0.4, -0.2) is 5.78 Å². The van der Waals surface area contributed by atoms with Crippen LogP contribution in [0.5, 0.6) is 0 Å². The SMILES string of the molecule is Cc1ccc(C(=O)C2CCC(C(C)(C)C)CC2)s1. The van der Waals surface area contributed by atoms with Crippen molar-refractivity contribution in [1.82, 2.24) is 0 Å². The molecule has 0 aliphatic heterocycles. The van der Waals surface area contributed by atoms with E-state index in [2.05, 4.69) is 33.8 Å². The predicted octanol–water partition coefficient (Wildman–Crippen LogP) is 5.09. The van der Waals surface area contributed by atoms with E-state index in [0.29, 0.717) is 11.2 Å². The molecule has 0 bridgehead atoms. The highest BCUT2D eigenvalue weighted by atomic mass is 32.1. The molecule has 0 N–H and O–H groups in total. The molecule has 1 nitrogen and oxygen atoms in total. The topological polar surface area (TPSA) is 17.1 Å². The molecule has 2 rings (SSSR count). The lowest BCUT2D eigenvalue weighted by atomic mass is 9.69. The predicted molar refractivity (Wildman–Crippen MR) is 78.3 cm³/mol. The molecule has 1 aromatic rings. The second-order valence-electron chi connectivity index (χ2n) is 6.69. The Kier molecular flexibility index (Phi) is 3.96. The molecular weight excluding hydrogens is 240 g/mol. The van der Waals surface area contributed by atoms with Crippen molar-refractivity contribution in [2.24, 2.45) is 17.3 Å². The lowest BCUT2D eigenvalue weighted by molar-refractivity contribution is 0.0823. The van der Waals surface area contributed by atoms with Gasteiger partial charge in [-0.3, -0.25) is 4.79 Å². The van der Waals surface area contributed by atoms with Crippen LogP contribution in [-0.2, 0) is 0 Å². The van der Waals surface area contributed by atoms with Crippen molar-refractivity contribution in [2.45, 2.75) is 53.4 Å². The maximum Gasteiger partial charge on any atom is 0.175 e. The third-order valence-electron chi connectivity index (χ3n) is 4.31. The third kappa shape index (κ3) is 3.03. The number of ketones is 1. The van der Waals surface area contributed by atoms with E-state index < -0.39 is 0 Å². The number of hydrogen-bond donors (Lipinski definition) is 0. The number of Topliss-reactive ketones (excluding diaryl/α,β-unsaturated/α-hetero) is 1. The fourth-order valence-corrected chi connectivity index (χ4v) is 3.88. The molecule has 1 aliphatic carbocycles. The highest BCUT2D eigenvalue weighted by Gasteiger charge is 2.32. The van der Waals surface area contributed by atoms with Crippen molar-refractivity contribution >= 4 is 17.1 Å². The van der Waals surface area contributed by atoms with E-state index in [1.807, 2.05) is 6.07 Å². The number of carbonyl (C=O) groups excluding carboxylic acids is 1. The van der Waals surface area contributed by atoms with Gasteiger partial charge in [-0.2, -0.15) is 0 Å². The molecule has 18 heavy (non-hydrogen) atoms. The number of carbonyl (C=O) groups is 1. The summed E-state index contributed by atoms with van der Waals surface area (Å²) in [5.41, 5.74) is 0.396. The number of hydrogen-bond acceptors (Lipinski definition) is 2. The molecule has 2 heteroatoms. The molecule has 0 aromatic carbocycles. The van der Waals surface area contributed by atoms with Crippen LogP contribution in [0.15, 0.2) is 12.1 Å². The summed E-state index contributed by atoms with van der Waals surface area (Å²) in [4.78, 5) is 14.6. The Bertz CT molecular complexity index is 417.